The van der Waals surface area contributed by atoms with E-state index in [-0.39, 0.29) is 17.5 Å². The van der Waals surface area contributed by atoms with Crippen LogP contribution in [0.3, 0.4) is 0 Å². The minimum absolute atomic E-state index is 0.0283. The molecule has 2 rings (SSSR count). The number of allylic oxidation sites excluding steroid dienone is 1. The number of aromatic nitrogens is 2. The zero-order valence-electron chi connectivity index (χ0n) is 11.8. The Labute approximate surface area is 121 Å². The van der Waals surface area contributed by atoms with Crippen molar-refractivity contribution >= 4 is 17.5 Å². The van der Waals surface area contributed by atoms with Crippen molar-refractivity contribution in [2.45, 2.75) is 19.9 Å². The van der Waals surface area contributed by atoms with Crippen LogP contribution in [0.25, 0.3) is 6.08 Å². The Balaban J connectivity index is 2.21. The predicted octanol–water partition coefficient (Wildman–Crippen LogP) is 3.27. The van der Waals surface area contributed by atoms with Crippen molar-refractivity contribution in [1.82, 2.24) is 9.78 Å². The van der Waals surface area contributed by atoms with Crippen LogP contribution in [0.2, 0.25) is 0 Å². The Morgan fingerprint density at radius 1 is 1.38 bits per heavy atom. The molecule has 0 aliphatic rings. The summed E-state index contributed by atoms with van der Waals surface area (Å²) in [5.41, 5.74) is 0.824. The Morgan fingerprint density at radius 3 is 2.71 bits per heavy atom. The van der Waals surface area contributed by atoms with Crippen LogP contribution in [0.5, 0.6) is 0 Å². The molecule has 6 heteroatoms. The quantitative estimate of drug-likeness (QED) is 0.365. The maximum atomic E-state index is 12.0. The summed E-state index contributed by atoms with van der Waals surface area (Å²) in [5.74, 6) is -0.236. The van der Waals surface area contributed by atoms with E-state index >= 15 is 0 Å². The molecule has 0 amide bonds. The lowest BCUT2D eigenvalue weighted by Crippen LogP contribution is -2.00. The summed E-state index contributed by atoms with van der Waals surface area (Å²) in [6, 6.07) is 6.45. The Bertz CT molecular complexity index is 702. The number of nitro groups is 1. The SMILES string of the molecule is CC(C)n1cc(C(=O)/C=C/c2ccccc2[N+](=O)[O-])cn1. The smallest absolute Gasteiger partial charge is 0.276 e. The summed E-state index contributed by atoms with van der Waals surface area (Å²) in [5, 5.41) is 15.0. The largest absolute Gasteiger partial charge is 0.289 e. The van der Waals surface area contributed by atoms with Gasteiger partial charge in [0.1, 0.15) is 0 Å². The second-order valence-corrected chi connectivity index (χ2v) is 4.82. The number of carbonyl (C=O) groups is 1. The van der Waals surface area contributed by atoms with E-state index in [9.17, 15) is 14.9 Å². The molecule has 0 bridgehead atoms. The van der Waals surface area contributed by atoms with Gasteiger partial charge in [-0.15, -0.1) is 0 Å². The van der Waals surface area contributed by atoms with Crippen molar-refractivity contribution in [3.8, 4) is 0 Å². The first kappa shape index (κ1) is 14.6. The summed E-state index contributed by atoms with van der Waals surface area (Å²) in [6.07, 6.45) is 5.93. The van der Waals surface area contributed by atoms with Crippen LogP contribution in [0, 0.1) is 10.1 Å². The van der Waals surface area contributed by atoms with Crippen molar-refractivity contribution in [3.63, 3.8) is 0 Å². The molecule has 2 aromatic rings. The third kappa shape index (κ3) is 3.42. The number of nitro benzene ring substituents is 1. The second kappa shape index (κ2) is 6.13. The molecule has 0 radical (unpaired) electrons. The summed E-state index contributed by atoms with van der Waals surface area (Å²) >= 11 is 0. The maximum absolute atomic E-state index is 12.0. The van der Waals surface area contributed by atoms with E-state index in [4.69, 9.17) is 0 Å². The molecule has 0 fully saturated rings. The van der Waals surface area contributed by atoms with Crippen molar-refractivity contribution in [3.05, 3.63) is 64.0 Å². The third-order valence-corrected chi connectivity index (χ3v) is 2.96. The van der Waals surface area contributed by atoms with Gasteiger partial charge in [-0.05, 0) is 32.1 Å². The van der Waals surface area contributed by atoms with Crippen LogP contribution in [0.15, 0.2) is 42.7 Å². The molecule has 6 nitrogen and oxygen atoms in total. The number of rotatable bonds is 5. The van der Waals surface area contributed by atoms with Gasteiger partial charge in [-0.1, -0.05) is 12.1 Å². The first-order chi connectivity index (χ1) is 9.99. The Kier molecular flexibility index (Phi) is 4.27. The van der Waals surface area contributed by atoms with Gasteiger partial charge in [0.25, 0.3) is 5.69 Å². The zero-order valence-corrected chi connectivity index (χ0v) is 11.8. The van der Waals surface area contributed by atoms with Crippen LogP contribution in [-0.4, -0.2) is 20.5 Å². The molecule has 21 heavy (non-hydrogen) atoms. The van der Waals surface area contributed by atoms with Gasteiger partial charge in [0, 0.05) is 18.3 Å². The van der Waals surface area contributed by atoms with Crippen molar-refractivity contribution in [2.75, 3.05) is 0 Å². The molecule has 0 saturated carbocycles. The first-order valence-electron chi connectivity index (χ1n) is 6.49. The lowest BCUT2D eigenvalue weighted by atomic mass is 10.1. The van der Waals surface area contributed by atoms with E-state index in [0.717, 1.165) is 0 Å². The van der Waals surface area contributed by atoms with Crippen LogP contribution in [0.1, 0.15) is 35.8 Å². The molecule has 0 N–H and O–H groups in total. The van der Waals surface area contributed by atoms with Crippen molar-refractivity contribution in [1.29, 1.82) is 0 Å². The van der Waals surface area contributed by atoms with Gasteiger partial charge < -0.3 is 0 Å². The Hall–Kier alpha value is -2.76. The predicted molar refractivity (Wildman–Crippen MR) is 79.1 cm³/mol. The topological polar surface area (TPSA) is 78.0 Å². The lowest BCUT2D eigenvalue weighted by molar-refractivity contribution is -0.385. The number of hydrogen-bond donors (Lipinski definition) is 0. The highest BCUT2D eigenvalue weighted by atomic mass is 16.6. The summed E-state index contributed by atoms with van der Waals surface area (Å²) in [6.45, 7) is 3.93. The number of carbonyl (C=O) groups excluding carboxylic acids is 1. The highest BCUT2D eigenvalue weighted by molar-refractivity contribution is 6.06. The van der Waals surface area contributed by atoms with Crippen LogP contribution >= 0.6 is 0 Å². The number of benzene rings is 1. The van der Waals surface area contributed by atoms with Crippen molar-refractivity contribution < 1.29 is 9.72 Å². The summed E-state index contributed by atoms with van der Waals surface area (Å²) in [7, 11) is 0. The molecular weight excluding hydrogens is 270 g/mol. The van der Waals surface area contributed by atoms with Gasteiger partial charge in [-0.3, -0.25) is 19.6 Å². The number of hydrogen-bond acceptors (Lipinski definition) is 4. The number of nitrogens with zero attached hydrogens (tertiary/aromatic N) is 3. The van der Waals surface area contributed by atoms with Crippen LogP contribution in [-0.2, 0) is 0 Å². The van der Waals surface area contributed by atoms with Crippen LogP contribution in [0.4, 0.5) is 5.69 Å². The Morgan fingerprint density at radius 2 is 2.10 bits per heavy atom. The van der Waals surface area contributed by atoms with Crippen molar-refractivity contribution in [2.24, 2.45) is 0 Å². The average Bonchev–Trinajstić information content (AvgIpc) is 2.95. The van der Waals surface area contributed by atoms with Gasteiger partial charge in [-0.2, -0.15) is 5.10 Å². The molecule has 0 atom stereocenters. The molecule has 0 aliphatic carbocycles. The normalized spacial score (nSPS) is 11.2. The molecule has 108 valence electrons. The molecule has 0 unspecified atom stereocenters. The fourth-order valence-electron chi connectivity index (χ4n) is 1.80. The van der Waals surface area contributed by atoms with Crippen LogP contribution < -0.4 is 0 Å². The molecule has 1 heterocycles. The van der Waals surface area contributed by atoms with Gasteiger partial charge in [0.2, 0.25) is 0 Å². The fourth-order valence-corrected chi connectivity index (χ4v) is 1.80. The van der Waals surface area contributed by atoms with E-state index < -0.39 is 4.92 Å². The van der Waals surface area contributed by atoms with Gasteiger partial charge in [0.15, 0.2) is 5.78 Å². The third-order valence-electron chi connectivity index (χ3n) is 2.96. The molecule has 0 saturated heterocycles. The maximum Gasteiger partial charge on any atom is 0.276 e. The monoisotopic (exact) mass is 285 g/mol. The molecule has 1 aromatic heterocycles. The van der Waals surface area contributed by atoms with Gasteiger partial charge in [0.05, 0.1) is 22.2 Å². The summed E-state index contributed by atoms with van der Waals surface area (Å²) < 4.78 is 1.69. The minimum Gasteiger partial charge on any atom is -0.289 e. The number of ketones is 1. The molecular formula is C15H15N3O3. The molecule has 1 aromatic carbocycles. The standard InChI is InChI=1S/C15H15N3O3/c1-11(2)17-10-13(9-16-17)15(19)8-7-12-5-3-4-6-14(12)18(20)21/h3-11H,1-2H3/b8-7+. The first-order valence-corrected chi connectivity index (χ1v) is 6.49. The lowest BCUT2D eigenvalue weighted by Gasteiger charge is -2.02. The fraction of sp³-hybridized carbons (Fsp3) is 0.200. The molecule has 0 spiro atoms. The number of para-hydroxylation sites is 1. The minimum atomic E-state index is -0.471. The van der Waals surface area contributed by atoms with E-state index in [1.807, 2.05) is 13.8 Å². The highest BCUT2D eigenvalue weighted by Gasteiger charge is 2.11. The molecule has 0 aliphatic heterocycles. The zero-order chi connectivity index (χ0) is 15.4. The van der Waals surface area contributed by atoms with E-state index in [0.29, 0.717) is 11.1 Å². The average molecular weight is 285 g/mol. The van der Waals surface area contributed by atoms with E-state index in [2.05, 4.69) is 5.10 Å². The van der Waals surface area contributed by atoms with Gasteiger partial charge >= 0.3 is 0 Å². The van der Waals surface area contributed by atoms with E-state index in [1.165, 1.54) is 24.4 Å². The van der Waals surface area contributed by atoms with E-state index in [1.54, 1.807) is 29.1 Å². The second-order valence-electron chi connectivity index (χ2n) is 4.82. The highest BCUT2D eigenvalue weighted by Crippen LogP contribution is 2.19. The van der Waals surface area contributed by atoms with Gasteiger partial charge in [-0.25, -0.2) is 0 Å². The summed E-state index contributed by atoms with van der Waals surface area (Å²) in [4.78, 5) is 22.4.